The van der Waals surface area contributed by atoms with Crippen molar-refractivity contribution in [3.63, 3.8) is 0 Å². The van der Waals surface area contributed by atoms with Crippen molar-refractivity contribution >= 4 is 29.2 Å². The lowest BCUT2D eigenvalue weighted by molar-refractivity contribution is -0.141. The second-order valence-corrected chi connectivity index (χ2v) is 4.54. The predicted octanol–water partition coefficient (Wildman–Crippen LogP) is 1.36. The van der Waals surface area contributed by atoms with E-state index in [1.807, 2.05) is 0 Å². The van der Waals surface area contributed by atoms with Crippen molar-refractivity contribution in [2.75, 3.05) is 25.6 Å². The summed E-state index contributed by atoms with van der Waals surface area (Å²) in [5.41, 5.74) is 0.531. The molecule has 0 aliphatic carbocycles. The van der Waals surface area contributed by atoms with Crippen LogP contribution in [0.25, 0.3) is 0 Å². The van der Waals surface area contributed by atoms with Gasteiger partial charge in [-0.05, 0) is 18.2 Å². The van der Waals surface area contributed by atoms with Crippen molar-refractivity contribution in [3.05, 3.63) is 29.3 Å². The van der Waals surface area contributed by atoms with Crippen LogP contribution in [-0.2, 0) is 14.3 Å². The average molecular weight is 301 g/mol. The maximum Gasteiger partial charge on any atom is 0.321 e. The summed E-state index contributed by atoms with van der Waals surface area (Å²) < 4.78 is 4.82. The van der Waals surface area contributed by atoms with Crippen LogP contribution in [0.3, 0.4) is 0 Å². The summed E-state index contributed by atoms with van der Waals surface area (Å²) in [5.74, 6) is -1.48. The molecule has 1 aromatic rings. The number of carboxylic acids is 1. The van der Waals surface area contributed by atoms with Gasteiger partial charge in [0.1, 0.15) is 6.04 Å². The van der Waals surface area contributed by atoms with Crippen LogP contribution in [-0.4, -0.2) is 43.3 Å². The Labute approximate surface area is 122 Å². The molecular formula is C13H17ClN2O4. The van der Waals surface area contributed by atoms with Crippen molar-refractivity contribution in [2.24, 2.45) is 0 Å². The van der Waals surface area contributed by atoms with Crippen LogP contribution in [0, 0.1) is 0 Å². The fraction of sp³-hybridized carbons (Fsp3) is 0.385. The number of hydrogen-bond acceptors (Lipinski definition) is 4. The molecule has 0 aliphatic rings. The maximum atomic E-state index is 11.8. The molecule has 1 atom stereocenters. The van der Waals surface area contributed by atoms with Crippen LogP contribution in [0.2, 0.25) is 5.02 Å². The van der Waals surface area contributed by atoms with Crippen LogP contribution in [0.5, 0.6) is 0 Å². The Morgan fingerprint density at radius 3 is 2.80 bits per heavy atom. The van der Waals surface area contributed by atoms with Gasteiger partial charge in [0.25, 0.3) is 0 Å². The number of carboxylic acid groups (broad SMARTS) is 1. The van der Waals surface area contributed by atoms with E-state index in [-0.39, 0.29) is 6.42 Å². The highest BCUT2D eigenvalue weighted by Gasteiger charge is 2.20. The first kappa shape index (κ1) is 16.4. The van der Waals surface area contributed by atoms with Crippen LogP contribution < -0.4 is 10.6 Å². The molecule has 0 saturated heterocycles. The maximum absolute atomic E-state index is 11.8. The van der Waals surface area contributed by atoms with Gasteiger partial charge in [0.2, 0.25) is 5.91 Å². The lowest BCUT2D eigenvalue weighted by Crippen LogP contribution is -2.41. The zero-order valence-corrected chi connectivity index (χ0v) is 11.8. The van der Waals surface area contributed by atoms with Gasteiger partial charge < -0.3 is 20.5 Å². The Bertz CT molecular complexity index is 467. The van der Waals surface area contributed by atoms with E-state index in [9.17, 15) is 9.59 Å². The van der Waals surface area contributed by atoms with Gasteiger partial charge in [-0.2, -0.15) is 0 Å². The van der Waals surface area contributed by atoms with Crippen LogP contribution >= 0.6 is 11.6 Å². The van der Waals surface area contributed by atoms with Gasteiger partial charge in [-0.3, -0.25) is 9.59 Å². The zero-order chi connectivity index (χ0) is 15.0. The minimum absolute atomic E-state index is 0.175. The molecule has 1 rings (SSSR count). The van der Waals surface area contributed by atoms with Gasteiger partial charge in [0.05, 0.1) is 13.0 Å². The third-order valence-corrected chi connectivity index (χ3v) is 2.73. The molecule has 0 saturated carbocycles. The molecular weight excluding hydrogens is 284 g/mol. The minimum Gasteiger partial charge on any atom is -0.480 e. The predicted molar refractivity (Wildman–Crippen MR) is 76.0 cm³/mol. The number of methoxy groups -OCH3 is 1. The molecule has 0 spiro atoms. The Morgan fingerprint density at radius 2 is 2.20 bits per heavy atom. The molecule has 0 radical (unpaired) electrons. The van der Waals surface area contributed by atoms with Crippen molar-refractivity contribution in [3.8, 4) is 0 Å². The number of ether oxygens (including phenoxy) is 1. The molecule has 0 fully saturated rings. The number of nitrogens with one attached hydrogen (secondary N) is 2. The van der Waals surface area contributed by atoms with E-state index in [0.29, 0.717) is 23.9 Å². The first-order valence-corrected chi connectivity index (χ1v) is 6.41. The number of benzene rings is 1. The summed E-state index contributed by atoms with van der Waals surface area (Å²) in [6.07, 6.45) is -0.175. The van der Waals surface area contributed by atoms with E-state index < -0.39 is 17.9 Å². The number of carbonyl (C=O) groups is 2. The number of hydrogen-bond donors (Lipinski definition) is 3. The van der Waals surface area contributed by atoms with E-state index in [1.54, 1.807) is 24.3 Å². The average Bonchev–Trinajstić information content (AvgIpc) is 2.37. The summed E-state index contributed by atoms with van der Waals surface area (Å²) >= 11 is 5.80. The second kappa shape index (κ2) is 8.52. The molecule has 20 heavy (non-hydrogen) atoms. The van der Waals surface area contributed by atoms with E-state index in [2.05, 4.69) is 10.6 Å². The normalized spacial score (nSPS) is 11.9. The molecule has 1 amide bonds. The molecule has 0 aliphatic heterocycles. The molecule has 1 aromatic carbocycles. The Kier molecular flexibility index (Phi) is 7.00. The number of aliphatic carboxylic acids is 1. The number of carbonyl (C=O) groups excluding carboxylic acids is 1. The molecule has 6 nitrogen and oxygen atoms in total. The van der Waals surface area contributed by atoms with Crippen molar-refractivity contribution in [2.45, 2.75) is 12.5 Å². The lowest BCUT2D eigenvalue weighted by atomic mass is 10.2. The Hall–Kier alpha value is -1.63. The van der Waals surface area contributed by atoms with Gasteiger partial charge in [-0.15, -0.1) is 0 Å². The number of anilines is 1. The fourth-order valence-electron chi connectivity index (χ4n) is 1.55. The highest BCUT2D eigenvalue weighted by molar-refractivity contribution is 6.30. The fourth-order valence-corrected chi connectivity index (χ4v) is 1.74. The van der Waals surface area contributed by atoms with Crippen molar-refractivity contribution in [1.29, 1.82) is 0 Å². The second-order valence-electron chi connectivity index (χ2n) is 4.10. The third-order valence-electron chi connectivity index (χ3n) is 2.49. The number of rotatable bonds is 8. The van der Waals surface area contributed by atoms with Gasteiger partial charge in [0, 0.05) is 24.4 Å². The minimum atomic E-state index is -1.08. The highest BCUT2D eigenvalue weighted by Crippen LogP contribution is 2.15. The largest absolute Gasteiger partial charge is 0.480 e. The smallest absolute Gasteiger partial charge is 0.321 e. The molecule has 0 aromatic heterocycles. The van der Waals surface area contributed by atoms with Gasteiger partial charge in [-0.25, -0.2) is 0 Å². The zero-order valence-electron chi connectivity index (χ0n) is 11.1. The summed E-state index contributed by atoms with van der Waals surface area (Å²) in [4.78, 5) is 22.8. The van der Waals surface area contributed by atoms with E-state index in [1.165, 1.54) is 7.11 Å². The quantitative estimate of drug-likeness (QED) is 0.631. The third kappa shape index (κ3) is 6.01. The number of halogens is 1. The number of amides is 1. The van der Waals surface area contributed by atoms with E-state index in [4.69, 9.17) is 21.4 Å². The van der Waals surface area contributed by atoms with Crippen molar-refractivity contribution in [1.82, 2.24) is 5.32 Å². The van der Waals surface area contributed by atoms with E-state index in [0.717, 1.165) is 0 Å². The first-order valence-electron chi connectivity index (χ1n) is 6.03. The monoisotopic (exact) mass is 300 g/mol. The summed E-state index contributed by atoms with van der Waals surface area (Å²) in [6.45, 7) is 0.734. The standard InChI is InChI=1S/C13H17ClN2O4/c1-20-6-5-15-11(13(18)19)8-12(17)16-10-4-2-3-9(14)7-10/h2-4,7,11,15H,5-6,8H2,1H3,(H,16,17)(H,18,19). The van der Waals surface area contributed by atoms with Crippen molar-refractivity contribution < 1.29 is 19.4 Å². The lowest BCUT2D eigenvalue weighted by Gasteiger charge is -2.14. The molecule has 110 valence electrons. The van der Waals surface area contributed by atoms with Gasteiger partial charge in [0.15, 0.2) is 0 Å². The topological polar surface area (TPSA) is 87.7 Å². The molecule has 0 heterocycles. The molecule has 3 N–H and O–H groups in total. The van der Waals surface area contributed by atoms with Crippen LogP contribution in [0.4, 0.5) is 5.69 Å². The van der Waals surface area contributed by atoms with Crippen LogP contribution in [0.1, 0.15) is 6.42 Å². The first-order chi connectivity index (χ1) is 9.52. The van der Waals surface area contributed by atoms with Gasteiger partial charge >= 0.3 is 5.97 Å². The van der Waals surface area contributed by atoms with E-state index >= 15 is 0 Å². The molecule has 7 heteroatoms. The highest BCUT2D eigenvalue weighted by atomic mass is 35.5. The SMILES string of the molecule is COCCNC(CC(=O)Nc1cccc(Cl)c1)C(=O)O. The summed E-state index contributed by atoms with van der Waals surface area (Å²) in [5, 5.41) is 14.9. The molecule has 1 unspecified atom stereocenters. The summed E-state index contributed by atoms with van der Waals surface area (Å²) in [6, 6.07) is 5.70. The van der Waals surface area contributed by atoms with Gasteiger partial charge in [-0.1, -0.05) is 17.7 Å². The molecule has 0 bridgehead atoms. The Morgan fingerprint density at radius 1 is 1.45 bits per heavy atom. The summed E-state index contributed by atoms with van der Waals surface area (Å²) in [7, 11) is 1.52. The van der Waals surface area contributed by atoms with Crippen LogP contribution in [0.15, 0.2) is 24.3 Å². The Balaban J connectivity index is 2.51.